The zero-order valence-electron chi connectivity index (χ0n) is 16.9. The van der Waals surface area contributed by atoms with E-state index in [2.05, 4.69) is 56.5 Å². The molecule has 0 amide bonds. The summed E-state index contributed by atoms with van der Waals surface area (Å²) in [5, 5.41) is 7.16. The van der Waals surface area contributed by atoms with Crippen LogP contribution in [0.5, 0.6) is 0 Å². The molecule has 2 aliphatic rings. The van der Waals surface area contributed by atoms with Crippen molar-refractivity contribution < 1.29 is 0 Å². The van der Waals surface area contributed by atoms with Crippen LogP contribution in [0.2, 0.25) is 0 Å². The maximum Gasteiger partial charge on any atom is 0.191 e. The zero-order chi connectivity index (χ0) is 18.4. The standard InChI is InChI=1S/C20H34N6.HI/c1-16-6-7-19(22-13-16)26-11-8-18(9-12-26)24-20(21-2)23-14-17-5-4-10-25(3)15-17;/h6-7,13,17-18H,4-5,8-12,14-15H2,1-3H3,(H2,21,23,24);1H. The number of nitrogens with one attached hydrogen (secondary N) is 2. The number of hydrogen-bond acceptors (Lipinski definition) is 4. The van der Waals surface area contributed by atoms with Crippen LogP contribution in [0, 0.1) is 12.8 Å². The maximum absolute atomic E-state index is 4.56. The number of aliphatic imine (C=N–C) groups is 1. The van der Waals surface area contributed by atoms with Crippen LogP contribution in [-0.4, -0.2) is 68.7 Å². The molecule has 0 saturated carbocycles. The van der Waals surface area contributed by atoms with Crippen molar-refractivity contribution in [1.29, 1.82) is 0 Å². The molecule has 3 heterocycles. The van der Waals surface area contributed by atoms with E-state index in [-0.39, 0.29) is 24.0 Å². The molecule has 1 aromatic rings. The number of rotatable bonds is 4. The van der Waals surface area contributed by atoms with Gasteiger partial charge >= 0.3 is 0 Å². The normalized spacial score (nSPS) is 22.3. The Morgan fingerprint density at radius 1 is 1.22 bits per heavy atom. The average Bonchev–Trinajstić information content (AvgIpc) is 2.66. The number of anilines is 1. The second-order valence-corrected chi connectivity index (χ2v) is 7.82. The van der Waals surface area contributed by atoms with E-state index in [1.165, 1.54) is 31.5 Å². The molecule has 152 valence electrons. The number of nitrogens with zero attached hydrogens (tertiary/aromatic N) is 4. The highest BCUT2D eigenvalue weighted by atomic mass is 127. The van der Waals surface area contributed by atoms with Crippen LogP contribution in [0.15, 0.2) is 23.3 Å². The zero-order valence-corrected chi connectivity index (χ0v) is 19.3. The minimum Gasteiger partial charge on any atom is -0.356 e. The molecule has 3 rings (SSSR count). The largest absolute Gasteiger partial charge is 0.356 e. The number of pyridine rings is 1. The molecule has 1 unspecified atom stereocenters. The molecule has 0 spiro atoms. The summed E-state index contributed by atoms with van der Waals surface area (Å²) in [6, 6.07) is 4.75. The third-order valence-electron chi connectivity index (χ3n) is 5.56. The van der Waals surface area contributed by atoms with E-state index in [0.717, 1.165) is 50.2 Å². The van der Waals surface area contributed by atoms with E-state index in [1.807, 2.05) is 13.2 Å². The molecule has 27 heavy (non-hydrogen) atoms. The summed E-state index contributed by atoms with van der Waals surface area (Å²) in [4.78, 5) is 13.8. The Kier molecular flexibility index (Phi) is 9.08. The summed E-state index contributed by atoms with van der Waals surface area (Å²) in [5.74, 6) is 2.77. The molecule has 0 aromatic carbocycles. The summed E-state index contributed by atoms with van der Waals surface area (Å²) >= 11 is 0. The van der Waals surface area contributed by atoms with E-state index in [4.69, 9.17) is 0 Å². The molecule has 1 aromatic heterocycles. The first-order valence-electron chi connectivity index (χ1n) is 9.97. The summed E-state index contributed by atoms with van der Waals surface area (Å²) in [5.41, 5.74) is 1.21. The van der Waals surface area contributed by atoms with Gasteiger partial charge in [-0.25, -0.2) is 4.98 Å². The predicted molar refractivity (Wildman–Crippen MR) is 124 cm³/mol. The lowest BCUT2D eigenvalue weighted by atomic mass is 9.98. The van der Waals surface area contributed by atoms with Crippen molar-refractivity contribution in [2.24, 2.45) is 10.9 Å². The molecule has 6 nitrogen and oxygen atoms in total. The number of guanidine groups is 1. The van der Waals surface area contributed by atoms with Gasteiger partial charge in [-0.1, -0.05) is 6.07 Å². The Morgan fingerprint density at radius 3 is 2.63 bits per heavy atom. The molecule has 7 heteroatoms. The third-order valence-corrected chi connectivity index (χ3v) is 5.56. The Bertz CT molecular complexity index is 583. The Labute approximate surface area is 181 Å². The molecule has 2 fully saturated rings. The smallest absolute Gasteiger partial charge is 0.191 e. The summed E-state index contributed by atoms with van der Waals surface area (Å²) in [6.07, 6.45) is 6.80. The Balaban J connectivity index is 0.00000261. The van der Waals surface area contributed by atoms with Gasteiger partial charge in [0.1, 0.15) is 5.82 Å². The SMILES string of the molecule is CN=C(NCC1CCCN(C)C1)NC1CCN(c2ccc(C)cn2)CC1.I. The van der Waals surface area contributed by atoms with Crippen molar-refractivity contribution in [3.05, 3.63) is 23.9 Å². The first kappa shape index (κ1) is 22.2. The number of aryl methyl sites for hydroxylation is 1. The summed E-state index contributed by atoms with van der Waals surface area (Å²) in [6.45, 7) is 7.59. The van der Waals surface area contributed by atoms with Crippen molar-refractivity contribution >= 4 is 35.8 Å². The minimum atomic E-state index is 0. The second-order valence-electron chi connectivity index (χ2n) is 7.82. The summed E-state index contributed by atoms with van der Waals surface area (Å²) < 4.78 is 0. The molecular formula is C20H35IN6. The first-order chi connectivity index (χ1) is 12.6. The van der Waals surface area contributed by atoms with E-state index in [1.54, 1.807) is 0 Å². The van der Waals surface area contributed by atoms with Crippen LogP contribution in [0.1, 0.15) is 31.2 Å². The highest BCUT2D eigenvalue weighted by Crippen LogP contribution is 2.18. The third kappa shape index (κ3) is 6.78. The Hall–Kier alpha value is -1.09. The van der Waals surface area contributed by atoms with Crippen LogP contribution in [0.25, 0.3) is 0 Å². The molecule has 0 aliphatic carbocycles. The van der Waals surface area contributed by atoms with Crippen LogP contribution in [0.3, 0.4) is 0 Å². The fraction of sp³-hybridized carbons (Fsp3) is 0.700. The lowest BCUT2D eigenvalue weighted by molar-refractivity contribution is 0.210. The molecular weight excluding hydrogens is 451 g/mol. The predicted octanol–water partition coefficient (Wildman–Crippen LogP) is 2.48. The van der Waals surface area contributed by atoms with E-state index < -0.39 is 0 Å². The van der Waals surface area contributed by atoms with Crippen molar-refractivity contribution in [3.8, 4) is 0 Å². The van der Waals surface area contributed by atoms with Gasteiger partial charge < -0.3 is 20.4 Å². The molecule has 0 radical (unpaired) electrons. The van der Waals surface area contributed by atoms with Crippen molar-refractivity contribution in [2.75, 3.05) is 51.7 Å². The van der Waals surface area contributed by atoms with Gasteiger partial charge in [-0.15, -0.1) is 24.0 Å². The molecule has 2 N–H and O–H groups in total. The Morgan fingerprint density at radius 2 is 2.00 bits per heavy atom. The highest BCUT2D eigenvalue weighted by Gasteiger charge is 2.22. The number of halogens is 1. The van der Waals surface area contributed by atoms with Crippen molar-refractivity contribution in [1.82, 2.24) is 20.5 Å². The van der Waals surface area contributed by atoms with Gasteiger partial charge in [0, 0.05) is 45.5 Å². The molecule has 2 saturated heterocycles. The topological polar surface area (TPSA) is 55.8 Å². The maximum atomic E-state index is 4.56. The molecule has 2 aliphatic heterocycles. The monoisotopic (exact) mass is 486 g/mol. The number of piperidine rings is 2. The number of aromatic nitrogens is 1. The summed E-state index contributed by atoms with van der Waals surface area (Å²) in [7, 11) is 4.09. The van der Waals surface area contributed by atoms with Gasteiger partial charge in [0.05, 0.1) is 0 Å². The average molecular weight is 486 g/mol. The lowest BCUT2D eigenvalue weighted by Crippen LogP contribution is -2.50. The number of likely N-dealkylation sites (tertiary alicyclic amines) is 1. The molecule has 0 bridgehead atoms. The van der Waals surface area contributed by atoms with Crippen LogP contribution in [0.4, 0.5) is 5.82 Å². The second kappa shape index (κ2) is 11.0. The quantitative estimate of drug-likeness (QED) is 0.389. The van der Waals surface area contributed by atoms with Crippen molar-refractivity contribution in [3.63, 3.8) is 0 Å². The van der Waals surface area contributed by atoms with Gasteiger partial charge in [0.25, 0.3) is 0 Å². The fourth-order valence-corrected chi connectivity index (χ4v) is 3.97. The van der Waals surface area contributed by atoms with E-state index >= 15 is 0 Å². The molecule has 1 atom stereocenters. The highest BCUT2D eigenvalue weighted by molar-refractivity contribution is 14.0. The van der Waals surface area contributed by atoms with E-state index in [9.17, 15) is 0 Å². The van der Waals surface area contributed by atoms with Gasteiger partial charge in [-0.05, 0) is 63.7 Å². The van der Waals surface area contributed by atoms with E-state index in [0.29, 0.717) is 6.04 Å². The van der Waals surface area contributed by atoms with Crippen LogP contribution in [-0.2, 0) is 0 Å². The van der Waals surface area contributed by atoms with Crippen molar-refractivity contribution in [2.45, 2.75) is 38.6 Å². The van der Waals surface area contributed by atoms with Gasteiger partial charge in [0.2, 0.25) is 0 Å². The fourth-order valence-electron chi connectivity index (χ4n) is 3.97. The van der Waals surface area contributed by atoms with Gasteiger partial charge in [0.15, 0.2) is 5.96 Å². The van der Waals surface area contributed by atoms with Crippen LogP contribution >= 0.6 is 24.0 Å². The number of hydrogen-bond donors (Lipinski definition) is 2. The lowest BCUT2D eigenvalue weighted by Gasteiger charge is -2.34. The minimum absolute atomic E-state index is 0. The first-order valence-corrected chi connectivity index (χ1v) is 9.97. The van der Waals surface area contributed by atoms with Gasteiger partial charge in [-0.3, -0.25) is 4.99 Å². The van der Waals surface area contributed by atoms with Gasteiger partial charge in [-0.2, -0.15) is 0 Å². The van der Waals surface area contributed by atoms with Crippen LogP contribution < -0.4 is 15.5 Å².